The van der Waals surface area contributed by atoms with Crippen LogP contribution in [-0.2, 0) is 6.42 Å². The Kier molecular flexibility index (Phi) is 2.91. The zero-order chi connectivity index (χ0) is 10.1. The molecule has 0 fully saturated rings. The van der Waals surface area contributed by atoms with E-state index in [1.807, 2.05) is 11.4 Å². The summed E-state index contributed by atoms with van der Waals surface area (Å²) in [7, 11) is 0. The molecular formula is C11H16OS. The van der Waals surface area contributed by atoms with Gasteiger partial charge in [-0.25, -0.2) is 0 Å². The molecule has 72 valence electrons. The van der Waals surface area contributed by atoms with Gasteiger partial charge in [-0.05, 0) is 30.2 Å². The van der Waals surface area contributed by atoms with Crippen LogP contribution in [0, 0.1) is 5.41 Å². The van der Waals surface area contributed by atoms with Gasteiger partial charge in [0.15, 0.2) is 5.78 Å². The van der Waals surface area contributed by atoms with Crippen LogP contribution < -0.4 is 0 Å². The van der Waals surface area contributed by atoms with Crippen LogP contribution in [0.5, 0.6) is 0 Å². The summed E-state index contributed by atoms with van der Waals surface area (Å²) in [4.78, 5) is 12.4. The van der Waals surface area contributed by atoms with E-state index in [9.17, 15) is 4.79 Å². The third-order valence-electron chi connectivity index (χ3n) is 1.82. The molecule has 0 aliphatic rings. The Morgan fingerprint density at radius 1 is 1.46 bits per heavy atom. The Bertz CT molecular complexity index is 304. The van der Waals surface area contributed by atoms with Gasteiger partial charge in [0.1, 0.15) is 0 Å². The highest BCUT2D eigenvalue weighted by Crippen LogP contribution is 2.27. The maximum absolute atomic E-state index is 11.2. The molecule has 0 spiro atoms. The van der Waals surface area contributed by atoms with Gasteiger partial charge in [0.25, 0.3) is 0 Å². The van der Waals surface area contributed by atoms with E-state index in [-0.39, 0.29) is 11.2 Å². The molecule has 0 saturated heterocycles. The average molecular weight is 196 g/mol. The van der Waals surface area contributed by atoms with Crippen LogP contribution in [0.3, 0.4) is 0 Å². The number of ketones is 1. The second kappa shape index (κ2) is 3.62. The third kappa shape index (κ3) is 2.96. The van der Waals surface area contributed by atoms with E-state index in [0.29, 0.717) is 0 Å². The summed E-state index contributed by atoms with van der Waals surface area (Å²) < 4.78 is 0. The van der Waals surface area contributed by atoms with Crippen LogP contribution >= 0.6 is 11.3 Å². The summed E-state index contributed by atoms with van der Waals surface area (Å²) in [5, 5.41) is 2.00. The maximum Gasteiger partial charge on any atom is 0.160 e. The molecule has 0 aliphatic carbocycles. The highest BCUT2D eigenvalue weighted by Gasteiger charge is 2.16. The first-order chi connectivity index (χ1) is 5.90. The Morgan fingerprint density at radius 3 is 2.54 bits per heavy atom. The van der Waals surface area contributed by atoms with Crippen molar-refractivity contribution in [3.05, 3.63) is 21.9 Å². The molecule has 2 heteroatoms. The molecule has 0 bridgehead atoms. The quantitative estimate of drug-likeness (QED) is 0.661. The van der Waals surface area contributed by atoms with Crippen LogP contribution in [0.4, 0.5) is 0 Å². The van der Waals surface area contributed by atoms with Gasteiger partial charge in [-0.1, -0.05) is 20.8 Å². The zero-order valence-corrected chi connectivity index (χ0v) is 9.49. The Hall–Kier alpha value is -0.630. The fourth-order valence-corrected chi connectivity index (χ4v) is 2.50. The van der Waals surface area contributed by atoms with Crippen molar-refractivity contribution in [3.8, 4) is 0 Å². The third-order valence-corrected chi connectivity index (χ3v) is 2.74. The number of thiophene rings is 1. The molecule has 1 aromatic rings. The van der Waals surface area contributed by atoms with Gasteiger partial charge in [-0.15, -0.1) is 11.3 Å². The largest absolute Gasteiger partial charge is 0.294 e. The first-order valence-corrected chi connectivity index (χ1v) is 5.35. The molecule has 1 heterocycles. The van der Waals surface area contributed by atoms with E-state index < -0.39 is 0 Å². The van der Waals surface area contributed by atoms with Crippen molar-refractivity contribution in [2.75, 3.05) is 0 Å². The summed E-state index contributed by atoms with van der Waals surface area (Å²) >= 11 is 1.68. The lowest BCUT2D eigenvalue weighted by Gasteiger charge is -2.17. The van der Waals surface area contributed by atoms with Crippen molar-refractivity contribution in [1.82, 2.24) is 0 Å². The first kappa shape index (κ1) is 10.5. The van der Waals surface area contributed by atoms with Crippen LogP contribution in [0.1, 0.15) is 42.9 Å². The Labute approximate surface area is 83.8 Å². The van der Waals surface area contributed by atoms with E-state index in [1.54, 1.807) is 18.3 Å². The smallest absolute Gasteiger partial charge is 0.160 e. The minimum absolute atomic E-state index is 0.181. The van der Waals surface area contributed by atoms with Gasteiger partial charge in [-0.3, -0.25) is 4.79 Å². The van der Waals surface area contributed by atoms with Crippen LogP contribution in [-0.4, -0.2) is 5.78 Å². The molecular weight excluding hydrogens is 180 g/mol. The summed E-state index contributed by atoms with van der Waals surface area (Å²) in [5.74, 6) is 0.181. The van der Waals surface area contributed by atoms with E-state index in [4.69, 9.17) is 0 Å². The van der Waals surface area contributed by atoms with Gasteiger partial charge >= 0.3 is 0 Å². The maximum atomic E-state index is 11.2. The van der Waals surface area contributed by atoms with Crippen LogP contribution in [0.2, 0.25) is 0 Å². The minimum atomic E-state index is 0.181. The molecule has 0 radical (unpaired) electrons. The molecule has 13 heavy (non-hydrogen) atoms. The number of hydrogen-bond donors (Lipinski definition) is 0. The summed E-state index contributed by atoms with van der Waals surface area (Å²) in [6, 6.07) is 1.92. The first-order valence-electron chi connectivity index (χ1n) is 4.47. The molecule has 0 aliphatic heterocycles. The lowest BCUT2D eigenvalue weighted by Crippen LogP contribution is -2.10. The van der Waals surface area contributed by atoms with Crippen molar-refractivity contribution in [2.24, 2.45) is 5.41 Å². The Morgan fingerprint density at radius 2 is 2.08 bits per heavy atom. The van der Waals surface area contributed by atoms with Crippen LogP contribution in [0.15, 0.2) is 11.4 Å². The molecule has 1 rings (SSSR count). The van der Waals surface area contributed by atoms with Crippen molar-refractivity contribution < 1.29 is 4.79 Å². The monoisotopic (exact) mass is 196 g/mol. The van der Waals surface area contributed by atoms with Gasteiger partial charge in [-0.2, -0.15) is 0 Å². The lowest BCUT2D eigenvalue weighted by atomic mass is 9.90. The number of Topliss-reactive ketones (excluding diaryl/α,β-unsaturated/α-hetero) is 1. The highest BCUT2D eigenvalue weighted by atomic mass is 32.1. The molecule has 1 nitrogen and oxygen atoms in total. The Balaban J connectivity index is 2.89. The molecule has 0 unspecified atom stereocenters. The van der Waals surface area contributed by atoms with Gasteiger partial charge in [0.2, 0.25) is 0 Å². The summed E-state index contributed by atoms with van der Waals surface area (Å²) in [6.45, 7) is 8.21. The number of carbonyl (C=O) groups is 1. The molecule has 0 aromatic carbocycles. The normalized spacial score (nSPS) is 11.7. The molecule has 0 N–H and O–H groups in total. The fourth-order valence-electron chi connectivity index (χ4n) is 1.27. The number of rotatable bonds is 2. The zero-order valence-electron chi connectivity index (χ0n) is 8.68. The fraction of sp³-hybridized carbons (Fsp3) is 0.545. The van der Waals surface area contributed by atoms with Gasteiger partial charge in [0, 0.05) is 10.4 Å². The average Bonchev–Trinajstić information content (AvgIpc) is 2.31. The summed E-state index contributed by atoms with van der Waals surface area (Å²) in [6.07, 6.45) is 0.986. The van der Waals surface area contributed by atoms with Gasteiger partial charge < -0.3 is 0 Å². The van der Waals surface area contributed by atoms with Crippen molar-refractivity contribution in [1.29, 1.82) is 0 Å². The van der Waals surface area contributed by atoms with E-state index in [1.165, 1.54) is 4.88 Å². The van der Waals surface area contributed by atoms with E-state index in [0.717, 1.165) is 12.0 Å². The van der Waals surface area contributed by atoms with Crippen LogP contribution in [0.25, 0.3) is 0 Å². The predicted molar refractivity (Wildman–Crippen MR) is 57.5 cm³/mol. The SMILES string of the molecule is CC(=O)c1ccsc1CC(C)(C)C. The van der Waals surface area contributed by atoms with Crippen molar-refractivity contribution in [3.63, 3.8) is 0 Å². The topological polar surface area (TPSA) is 17.1 Å². The number of hydrogen-bond acceptors (Lipinski definition) is 2. The lowest BCUT2D eigenvalue weighted by molar-refractivity contribution is 0.101. The molecule has 1 aromatic heterocycles. The molecule has 0 saturated carbocycles. The second-order valence-corrected chi connectivity index (χ2v) is 5.55. The van der Waals surface area contributed by atoms with Gasteiger partial charge in [0.05, 0.1) is 0 Å². The summed E-state index contributed by atoms with van der Waals surface area (Å²) in [5.41, 5.74) is 1.16. The number of carbonyl (C=O) groups excluding carboxylic acids is 1. The minimum Gasteiger partial charge on any atom is -0.294 e. The van der Waals surface area contributed by atoms with Crippen molar-refractivity contribution >= 4 is 17.1 Å². The standard InChI is InChI=1S/C11H16OS/c1-8(12)9-5-6-13-10(9)7-11(2,3)4/h5-6H,7H2,1-4H3. The predicted octanol–water partition coefficient (Wildman–Crippen LogP) is 3.54. The second-order valence-electron chi connectivity index (χ2n) is 4.55. The molecule has 0 atom stereocenters. The van der Waals surface area contributed by atoms with E-state index in [2.05, 4.69) is 20.8 Å². The van der Waals surface area contributed by atoms with E-state index >= 15 is 0 Å². The molecule has 0 amide bonds. The highest BCUT2D eigenvalue weighted by molar-refractivity contribution is 7.10. The van der Waals surface area contributed by atoms with Crippen molar-refractivity contribution in [2.45, 2.75) is 34.1 Å².